The topological polar surface area (TPSA) is 55.4 Å². The van der Waals surface area contributed by atoms with Crippen molar-refractivity contribution in [3.05, 3.63) is 29.0 Å². The van der Waals surface area contributed by atoms with Crippen molar-refractivity contribution in [1.29, 1.82) is 0 Å². The third-order valence-corrected chi connectivity index (χ3v) is 5.56. The highest BCUT2D eigenvalue weighted by molar-refractivity contribution is 7.89. The zero-order valence-electron chi connectivity index (χ0n) is 12.5. The summed E-state index contributed by atoms with van der Waals surface area (Å²) in [5, 5.41) is 0.280. The highest BCUT2D eigenvalue weighted by atomic mass is 35.5. The SMILES string of the molecule is CCS(=O)(=O)N[C@@H]1CCCC[C@H]1COc1cc(F)cc(Cl)c1. The largest absolute Gasteiger partial charge is 0.493 e. The van der Waals surface area contributed by atoms with E-state index in [-0.39, 0.29) is 22.7 Å². The second-order valence-corrected chi connectivity index (χ2v) is 8.07. The molecule has 0 unspecified atom stereocenters. The van der Waals surface area contributed by atoms with Crippen LogP contribution in [0, 0.1) is 11.7 Å². The molecular weight excluding hydrogens is 329 g/mol. The lowest BCUT2D eigenvalue weighted by Crippen LogP contribution is -2.44. The van der Waals surface area contributed by atoms with Crippen molar-refractivity contribution in [1.82, 2.24) is 4.72 Å². The summed E-state index contributed by atoms with van der Waals surface area (Å²) in [6.07, 6.45) is 3.73. The number of nitrogens with one attached hydrogen (secondary N) is 1. The molecule has 1 fully saturated rings. The summed E-state index contributed by atoms with van der Waals surface area (Å²) >= 11 is 5.79. The van der Waals surface area contributed by atoms with Crippen LogP contribution in [-0.4, -0.2) is 26.8 Å². The molecule has 0 spiro atoms. The fraction of sp³-hybridized carbons (Fsp3) is 0.600. The molecule has 22 heavy (non-hydrogen) atoms. The number of benzene rings is 1. The van der Waals surface area contributed by atoms with Crippen LogP contribution in [0.4, 0.5) is 4.39 Å². The summed E-state index contributed by atoms with van der Waals surface area (Å²) in [7, 11) is -3.24. The van der Waals surface area contributed by atoms with Gasteiger partial charge in [0.1, 0.15) is 11.6 Å². The number of sulfonamides is 1. The zero-order valence-corrected chi connectivity index (χ0v) is 14.1. The van der Waals surface area contributed by atoms with Crippen molar-refractivity contribution in [3.63, 3.8) is 0 Å². The lowest BCUT2D eigenvalue weighted by Gasteiger charge is -2.31. The molecule has 124 valence electrons. The van der Waals surface area contributed by atoms with Gasteiger partial charge in [0.15, 0.2) is 0 Å². The van der Waals surface area contributed by atoms with Crippen LogP contribution in [-0.2, 0) is 10.0 Å². The van der Waals surface area contributed by atoms with Crippen LogP contribution in [0.1, 0.15) is 32.6 Å². The van der Waals surface area contributed by atoms with Gasteiger partial charge in [0.25, 0.3) is 0 Å². The molecule has 1 aliphatic carbocycles. The monoisotopic (exact) mass is 349 g/mol. The van der Waals surface area contributed by atoms with Crippen LogP contribution >= 0.6 is 11.6 Å². The molecule has 0 aromatic heterocycles. The number of rotatable bonds is 6. The predicted octanol–water partition coefficient (Wildman–Crippen LogP) is 3.36. The van der Waals surface area contributed by atoms with E-state index in [9.17, 15) is 12.8 Å². The van der Waals surface area contributed by atoms with Crippen molar-refractivity contribution in [3.8, 4) is 5.75 Å². The van der Waals surface area contributed by atoms with Gasteiger partial charge in [-0.1, -0.05) is 24.4 Å². The third-order valence-electron chi connectivity index (χ3n) is 3.92. The van der Waals surface area contributed by atoms with Crippen LogP contribution in [0.2, 0.25) is 5.02 Å². The van der Waals surface area contributed by atoms with Gasteiger partial charge in [-0.3, -0.25) is 0 Å². The van der Waals surface area contributed by atoms with Gasteiger partial charge >= 0.3 is 0 Å². The molecule has 1 aliphatic rings. The second kappa shape index (κ2) is 7.62. The molecule has 0 amide bonds. The summed E-state index contributed by atoms with van der Waals surface area (Å²) in [5.74, 6) is 0.0653. The Hall–Kier alpha value is -0.850. The van der Waals surface area contributed by atoms with Gasteiger partial charge in [-0.15, -0.1) is 0 Å². The van der Waals surface area contributed by atoms with Crippen LogP contribution in [0.5, 0.6) is 5.75 Å². The molecule has 0 bridgehead atoms. The van der Waals surface area contributed by atoms with Gasteiger partial charge in [0.05, 0.1) is 12.4 Å². The quantitative estimate of drug-likeness (QED) is 0.856. The fourth-order valence-corrected chi connectivity index (χ4v) is 3.84. The first-order valence-electron chi connectivity index (χ1n) is 7.48. The standard InChI is InChI=1S/C15H21ClFNO3S/c1-2-22(19,20)18-15-6-4-3-5-11(15)10-21-14-8-12(16)7-13(17)9-14/h7-9,11,15,18H,2-6,10H2,1H3/t11-,15+/m0/s1. The van der Waals surface area contributed by atoms with E-state index in [0.29, 0.717) is 12.4 Å². The summed E-state index contributed by atoms with van der Waals surface area (Å²) in [6, 6.07) is 3.92. The maximum absolute atomic E-state index is 13.3. The van der Waals surface area contributed by atoms with Crippen molar-refractivity contribution in [2.75, 3.05) is 12.4 Å². The van der Waals surface area contributed by atoms with Gasteiger partial charge in [0.2, 0.25) is 10.0 Å². The predicted molar refractivity (Wildman–Crippen MR) is 85.2 cm³/mol. The molecule has 0 radical (unpaired) electrons. The Morgan fingerprint density at radius 1 is 1.32 bits per heavy atom. The molecule has 2 rings (SSSR count). The summed E-state index contributed by atoms with van der Waals surface area (Å²) in [4.78, 5) is 0. The number of hydrogen-bond donors (Lipinski definition) is 1. The Morgan fingerprint density at radius 3 is 2.73 bits per heavy atom. The maximum Gasteiger partial charge on any atom is 0.211 e. The highest BCUT2D eigenvalue weighted by Gasteiger charge is 2.28. The van der Waals surface area contributed by atoms with E-state index in [2.05, 4.69) is 4.72 Å². The van der Waals surface area contributed by atoms with Gasteiger partial charge in [-0.2, -0.15) is 0 Å². The van der Waals surface area contributed by atoms with E-state index in [1.165, 1.54) is 12.1 Å². The number of hydrogen-bond acceptors (Lipinski definition) is 3. The van der Waals surface area contributed by atoms with Gasteiger partial charge < -0.3 is 4.74 Å². The summed E-state index contributed by atoms with van der Waals surface area (Å²) in [6.45, 7) is 1.96. The minimum atomic E-state index is -3.24. The van der Waals surface area contributed by atoms with E-state index in [1.807, 2.05) is 0 Å². The lowest BCUT2D eigenvalue weighted by molar-refractivity contribution is 0.180. The van der Waals surface area contributed by atoms with E-state index < -0.39 is 15.8 Å². The minimum absolute atomic E-state index is 0.0661. The minimum Gasteiger partial charge on any atom is -0.493 e. The van der Waals surface area contributed by atoms with Gasteiger partial charge in [0, 0.05) is 23.0 Å². The fourth-order valence-electron chi connectivity index (χ4n) is 2.69. The van der Waals surface area contributed by atoms with E-state index in [0.717, 1.165) is 25.7 Å². The van der Waals surface area contributed by atoms with Gasteiger partial charge in [-0.05, 0) is 31.9 Å². The Kier molecular flexibility index (Phi) is 6.06. The molecule has 1 aromatic carbocycles. The smallest absolute Gasteiger partial charge is 0.211 e. The van der Waals surface area contributed by atoms with Crippen LogP contribution in [0.15, 0.2) is 18.2 Å². The molecule has 0 saturated heterocycles. The van der Waals surface area contributed by atoms with Crippen molar-refractivity contribution >= 4 is 21.6 Å². The van der Waals surface area contributed by atoms with Crippen LogP contribution in [0.3, 0.4) is 0 Å². The highest BCUT2D eigenvalue weighted by Crippen LogP contribution is 2.27. The molecule has 4 nitrogen and oxygen atoms in total. The molecular formula is C15H21ClFNO3S. The summed E-state index contributed by atoms with van der Waals surface area (Å²) in [5.41, 5.74) is 0. The number of ether oxygens (including phenoxy) is 1. The Morgan fingerprint density at radius 2 is 2.05 bits per heavy atom. The maximum atomic E-state index is 13.3. The van der Waals surface area contributed by atoms with Crippen LogP contribution in [0.25, 0.3) is 0 Å². The zero-order chi connectivity index (χ0) is 16.2. The van der Waals surface area contributed by atoms with Crippen molar-refractivity contribution in [2.24, 2.45) is 5.92 Å². The first-order valence-corrected chi connectivity index (χ1v) is 9.51. The Bertz CT molecular complexity index is 589. The van der Waals surface area contributed by atoms with Crippen LogP contribution < -0.4 is 9.46 Å². The first kappa shape index (κ1) is 17.5. The molecule has 1 N–H and O–H groups in total. The van der Waals surface area contributed by atoms with Crippen molar-refractivity contribution < 1.29 is 17.5 Å². The Labute approximate surface area is 136 Å². The summed E-state index contributed by atoms with van der Waals surface area (Å²) < 4.78 is 45.2. The molecule has 2 atom stereocenters. The van der Waals surface area contributed by atoms with Crippen molar-refractivity contribution in [2.45, 2.75) is 38.6 Å². The third kappa shape index (κ3) is 5.11. The second-order valence-electron chi connectivity index (χ2n) is 5.59. The molecule has 1 aromatic rings. The van der Waals surface area contributed by atoms with E-state index in [1.54, 1.807) is 13.0 Å². The first-order chi connectivity index (χ1) is 10.4. The average molecular weight is 350 g/mol. The lowest BCUT2D eigenvalue weighted by atomic mass is 9.86. The average Bonchev–Trinajstić information content (AvgIpc) is 2.45. The normalized spacial score (nSPS) is 22.5. The molecule has 0 heterocycles. The Balaban J connectivity index is 1.99. The van der Waals surface area contributed by atoms with Gasteiger partial charge in [-0.25, -0.2) is 17.5 Å². The van der Waals surface area contributed by atoms with E-state index in [4.69, 9.17) is 16.3 Å². The molecule has 1 saturated carbocycles. The van der Waals surface area contributed by atoms with E-state index >= 15 is 0 Å². The molecule has 0 aliphatic heterocycles. The number of halogens is 2. The molecule has 7 heteroatoms.